The van der Waals surface area contributed by atoms with E-state index >= 15 is 0 Å². The highest BCUT2D eigenvalue weighted by atomic mass is 32.2. The van der Waals surface area contributed by atoms with Gasteiger partial charge < -0.3 is 10.1 Å². The van der Waals surface area contributed by atoms with Crippen molar-refractivity contribution in [2.45, 2.75) is 4.90 Å². The van der Waals surface area contributed by atoms with Crippen LogP contribution in [0.15, 0.2) is 51.4 Å². The van der Waals surface area contributed by atoms with Crippen LogP contribution in [0.1, 0.15) is 10.5 Å². The number of ether oxygens (including phenoxy) is 1. The summed E-state index contributed by atoms with van der Waals surface area (Å²) in [5.41, 5.74) is 1.30. The molecule has 0 aliphatic heterocycles. The number of hydrogen-bond acceptors (Lipinski definition) is 7. The van der Waals surface area contributed by atoms with Crippen LogP contribution < -0.4 is 14.8 Å². The summed E-state index contributed by atoms with van der Waals surface area (Å²) < 4.78 is 31.9. The molecule has 2 aromatic heterocycles. The summed E-state index contributed by atoms with van der Waals surface area (Å²) in [7, 11) is -2.13. The third-order valence-corrected chi connectivity index (χ3v) is 6.63. The Bertz CT molecular complexity index is 996. The van der Waals surface area contributed by atoms with Crippen LogP contribution in [-0.4, -0.2) is 39.5 Å². The number of carbonyl (C=O) groups is 1. The second-order valence-corrected chi connectivity index (χ2v) is 8.78. The lowest BCUT2D eigenvalue weighted by Gasteiger charge is -2.08. The fourth-order valence-corrected chi connectivity index (χ4v) is 4.73. The Morgan fingerprint density at radius 3 is 2.59 bits per heavy atom. The van der Waals surface area contributed by atoms with Crippen LogP contribution in [0.4, 0.5) is 0 Å². The van der Waals surface area contributed by atoms with E-state index in [4.69, 9.17) is 4.74 Å². The molecular formula is C17H17N3O4S3. The highest BCUT2D eigenvalue weighted by Crippen LogP contribution is 2.25. The highest BCUT2D eigenvalue weighted by molar-refractivity contribution is 7.89. The summed E-state index contributed by atoms with van der Waals surface area (Å²) in [5.74, 6) is 0.239. The highest BCUT2D eigenvalue weighted by Gasteiger charge is 2.15. The predicted molar refractivity (Wildman–Crippen MR) is 106 cm³/mol. The summed E-state index contributed by atoms with van der Waals surface area (Å²) in [6.07, 6.45) is 0. The standard InChI is InChI=1S/C17H17N3O4S3/c1-24-13-2-4-14(5-3-13)27(22,23)19-8-7-18-16(21)15-11-26-17(20-15)12-6-9-25-10-12/h2-6,9-11,19H,7-8H2,1H3,(H,18,21). The molecule has 3 rings (SSSR count). The van der Waals surface area contributed by atoms with E-state index < -0.39 is 10.0 Å². The molecule has 2 heterocycles. The number of rotatable bonds is 8. The summed E-state index contributed by atoms with van der Waals surface area (Å²) in [4.78, 5) is 16.6. The Hall–Kier alpha value is -2.27. The van der Waals surface area contributed by atoms with Gasteiger partial charge in [0.05, 0.1) is 12.0 Å². The van der Waals surface area contributed by atoms with Crippen LogP contribution in [0, 0.1) is 0 Å². The van der Waals surface area contributed by atoms with Crippen molar-refractivity contribution in [1.82, 2.24) is 15.0 Å². The maximum absolute atomic E-state index is 12.2. The number of thiazole rings is 1. The molecule has 0 radical (unpaired) electrons. The van der Waals surface area contributed by atoms with Gasteiger partial charge in [-0.1, -0.05) is 0 Å². The number of amides is 1. The van der Waals surface area contributed by atoms with E-state index in [1.807, 2.05) is 16.8 Å². The molecule has 10 heteroatoms. The largest absolute Gasteiger partial charge is 0.497 e. The topological polar surface area (TPSA) is 97.4 Å². The zero-order valence-electron chi connectivity index (χ0n) is 14.3. The molecule has 0 aliphatic rings. The maximum atomic E-state index is 12.2. The minimum Gasteiger partial charge on any atom is -0.497 e. The average molecular weight is 424 g/mol. The molecule has 1 aromatic carbocycles. The Morgan fingerprint density at radius 1 is 1.15 bits per heavy atom. The number of hydrogen-bond donors (Lipinski definition) is 2. The number of thiophene rings is 1. The SMILES string of the molecule is COc1ccc(S(=O)(=O)NCCNC(=O)c2csc(-c3ccsc3)n2)cc1. The number of benzene rings is 1. The molecule has 0 unspecified atom stereocenters. The first kappa shape index (κ1) is 19.5. The smallest absolute Gasteiger partial charge is 0.270 e. The van der Waals surface area contributed by atoms with Gasteiger partial charge in [0.1, 0.15) is 16.5 Å². The minimum atomic E-state index is -3.64. The van der Waals surface area contributed by atoms with Crippen molar-refractivity contribution >= 4 is 38.6 Å². The van der Waals surface area contributed by atoms with Crippen LogP contribution in [0.5, 0.6) is 5.75 Å². The van der Waals surface area contributed by atoms with Crippen molar-refractivity contribution in [3.63, 3.8) is 0 Å². The quantitative estimate of drug-likeness (QED) is 0.543. The number of methoxy groups -OCH3 is 1. The zero-order valence-corrected chi connectivity index (χ0v) is 16.8. The molecule has 27 heavy (non-hydrogen) atoms. The van der Waals surface area contributed by atoms with Gasteiger partial charge in [-0.3, -0.25) is 4.79 Å². The molecule has 0 atom stereocenters. The van der Waals surface area contributed by atoms with Crippen LogP contribution in [0.2, 0.25) is 0 Å². The number of carbonyl (C=O) groups excluding carboxylic acids is 1. The van der Waals surface area contributed by atoms with Gasteiger partial charge in [0.25, 0.3) is 5.91 Å². The average Bonchev–Trinajstić information content (AvgIpc) is 3.36. The van der Waals surface area contributed by atoms with E-state index in [0.29, 0.717) is 11.4 Å². The van der Waals surface area contributed by atoms with Gasteiger partial charge in [-0.05, 0) is 35.7 Å². The predicted octanol–water partition coefficient (Wildman–Crippen LogP) is 2.59. The fraction of sp³-hybridized carbons (Fsp3) is 0.176. The first-order valence-electron chi connectivity index (χ1n) is 7.89. The number of sulfonamides is 1. The fourth-order valence-electron chi connectivity index (χ4n) is 2.19. The summed E-state index contributed by atoms with van der Waals surface area (Å²) in [5, 5.41) is 9.04. The van der Waals surface area contributed by atoms with Crippen molar-refractivity contribution < 1.29 is 17.9 Å². The maximum Gasteiger partial charge on any atom is 0.270 e. The van der Waals surface area contributed by atoms with E-state index in [2.05, 4.69) is 15.0 Å². The van der Waals surface area contributed by atoms with Crippen LogP contribution in [0.3, 0.4) is 0 Å². The summed E-state index contributed by atoms with van der Waals surface area (Å²) in [6, 6.07) is 8.01. The van der Waals surface area contributed by atoms with E-state index in [-0.39, 0.29) is 23.9 Å². The third kappa shape index (κ3) is 4.92. The molecule has 7 nitrogen and oxygen atoms in total. The molecule has 142 valence electrons. The van der Waals surface area contributed by atoms with Gasteiger partial charge in [-0.15, -0.1) is 11.3 Å². The molecule has 3 aromatic rings. The van der Waals surface area contributed by atoms with Gasteiger partial charge in [0.2, 0.25) is 10.0 Å². The van der Waals surface area contributed by atoms with Crippen molar-refractivity contribution in [2.24, 2.45) is 0 Å². The lowest BCUT2D eigenvalue weighted by molar-refractivity contribution is 0.0950. The molecule has 0 aliphatic carbocycles. The van der Waals surface area contributed by atoms with E-state index in [9.17, 15) is 13.2 Å². The number of nitrogens with one attached hydrogen (secondary N) is 2. The summed E-state index contributed by atoms with van der Waals surface area (Å²) in [6.45, 7) is 0.223. The minimum absolute atomic E-state index is 0.0711. The van der Waals surface area contributed by atoms with Gasteiger partial charge >= 0.3 is 0 Å². The van der Waals surface area contributed by atoms with Gasteiger partial charge in [0, 0.05) is 29.4 Å². The molecule has 0 saturated heterocycles. The Morgan fingerprint density at radius 2 is 1.93 bits per heavy atom. The van der Waals surface area contributed by atoms with E-state index in [1.54, 1.807) is 28.8 Å². The molecular weight excluding hydrogens is 406 g/mol. The van der Waals surface area contributed by atoms with Crippen molar-refractivity contribution in [3.05, 3.63) is 52.2 Å². The van der Waals surface area contributed by atoms with Crippen LogP contribution >= 0.6 is 22.7 Å². The second kappa shape index (κ2) is 8.61. The van der Waals surface area contributed by atoms with E-state index in [1.165, 1.54) is 30.6 Å². The molecule has 0 spiro atoms. The molecule has 0 bridgehead atoms. The Kier molecular flexibility index (Phi) is 6.22. The zero-order chi connectivity index (χ0) is 19.3. The van der Waals surface area contributed by atoms with E-state index in [0.717, 1.165) is 10.6 Å². The second-order valence-electron chi connectivity index (χ2n) is 5.38. The van der Waals surface area contributed by atoms with Gasteiger partial charge in [-0.25, -0.2) is 18.1 Å². The molecule has 0 fully saturated rings. The first-order chi connectivity index (χ1) is 13.0. The van der Waals surface area contributed by atoms with Crippen molar-refractivity contribution in [1.29, 1.82) is 0 Å². The van der Waals surface area contributed by atoms with Crippen molar-refractivity contribution in [3.8, 4) is 16.3 Å². The molecule has 2 N–H and O–H groups in total. The van der Waals surface area contributed by atoms with Crippen LogP contribution in [0.25, 0.3) is 10.6 Å². The normalized spacial score (nSPS) is 11.3. The molecule has 0 saturated carbocycles. The Labute approximate surface area is 165 Å². The van der Waals surface area contributed by atoms with Gasteiger partial charge in [0.15, 0.2) is 0 Å². The first-order valence-corrected chi connectivity index (χ1v) is 11.2. The lowest BCUT2D eigenvalue weighted by atomic mass is 10.3. The number of aromatic nitrogens is 1. The lowest BCUT2D eigenvalue weighted by Crippen LogP contribution is -2.34. The number of nitrogens with zero attached hydrogens (tertiary/aromatic N) is 1. The molecule has 1 amide bonds. The monoisotopic (exact) mass is 423 g/mol. The summed E-state index contributed by atoms with van der Waals surface area (Å²) >= 11 is 2.96. The van der Waals surface area contributed by atoms with Crippen LogP contribution in [-0.2, 0) is 10.0 Å². The Balaban J connectivity index is 1.50. The van der Waals surface area contributed by atoms with Crippen molar-refractivity contribution in [2.75, 3.05) is 20.2 Å². The van der Waals surface area contributed by atoms with Gasteiger partial charge in [-0.2, -0.15) is 11.3 Å². The third-order valence-electron chi connectivity index (χ3n) is 3.58.